The number of hydrogen-bond acceptors (Lipinski definition) is 3. The first kappa shape index (κ1) is 13.9. The third-order valence-electron chi connectivity index (χ3n) is 3.51. The topological polar surface area (TPSA) is 59.3 Å². The average Bonchev–Trinajstić information content (AvgIpc) is 2.92. The molecule has 0 fully saturated rings. The van der Waals surface area contributed by atoms with Gasteiger partial charge in [-0.3, -0.25) is 9.59 Å². The molecule has 2 aromatic rings. The van der Waals surface area contributed by atoms with Crippen molar-refractivity contribution in [3.63, 3.8) is 0 Å². The van der Waals surface area contributed by atoms with E-state index >= 15 is 0 Å². The second kappa shape index (κ2) is 5.74. The molecule has 0 saturated heterocycles. The Kier molecular flexibility index (Phi) is 3.80. The highest BCUT2D eigenvalue weighted by Gasteiger charge is 2.24. The van der Waals surface area contributed by atoms with Crippen molar-refractivity contribution in [2.75, 3.05) is 0 Å². The number of aryl methyl sites for hydroxylation is 1. The number of ketones is 1. The minimum absolute atomic E-state index is 0.0525. The summed E-state index contributed by atoms with van der Waals surface area (Å²) >= 11 is 5.81. The van der Waals surface area contributed by atoms with Crippen molar-refractivity contribution in [1.82, 2.24) is 5.32 Å². The van der Waals surface area contributed by atoms with Gasteiger partial charge in [-0.1, -0.05) is 23.7 Å². The van der Waals surface area contributed by atoms with Gasteiger partial charge in [0.2, 0.25) is 0 Å². The van der Waals surface area contributed by atoms with E-state index in [0.717, 1.165) is 12.0 Å². The molecule has 108 valence electrons. The van der Waals surface area contributed by atoms with Gasteiger partial charge in [-0.15, -0.1) is 0 Å². The fourth-order valence-electron chi connectivity index (χ4n) is 2.38. The lowest BCUT2D eigenvalue weighted by Gasteiger charge is -2.06. The second-order valence-electron chi connectivity index (χ2n) is 5.03. The van der Waals surface area contributed by atoms with Crippen LogP contribution in [0.2, 0.25) is 5.02 Å². The third kappa shape index (κ3) is 3.00. The van der Waals surface area contributed by atoms with E-state index in [2.05, 4.69) is 5.32 Å². The van der Waals surface area contributed by atoms with Gasteiger partial charge in [0.05, 0.1) is 5.56 Å². The molecule has 4 nitrogen and oxygen atoms in total. The number of Topliss-reactive ketones (excluding diaryl/α,β-unsaturated/α-hetero) is 1. The Morgan fingerprint density at radius 3 is 2.71 bits per heavy atom. The number of nitrogens with one attached hydrogen (secondary N) is 1. The normalized spacial score (nSPS) is 13.9. The van der Waals surface area contributed by atoms with Gasteiger partial charge in [0.15, 0.2) is 11.5 Å². The van der Waals surface area contributed by atoms with E-state index in [1.165, 1.54) is 0 Å². The highest BCUT2D eigenvalue weighted by Crippen LogP contribution is 2.24. The Morgan fingerprint density at radius 2 is 2.00 bits per heavy atom. The Morgan fingerprint density at radius 1 is 1.24 bits per heavy atom. The molecule has 1 N–H and O–H groups in total. The Bertz CT molecular complexity index is 688. The maximum atomic E-state index is 12.1. The van der Waals surface area contributed by atoms with Crippen LogP contribution in [-0.2, 0) is 13.0 Å². The van der Waals surface area contributed by atoms with Crippen LogP contribution in [-0.4, -0.2) is 11.7 Å². The number of furan rings is 1. The van der Waals surface area contributed by atoms with Crippen LogP contribution in [0.4, 0.5) is 0 Å². The molecule has 0 atom stereocenters. The minimum Gasteiger partial charge on any atom is -0.455 e. The lowest BCUT2D eigenvalue weighted by Crippen LogP contribution is -2.22. The van der Waals surface area contributed by atoms with Gasteiger partial charge >= 0.3 is 0 Å². The molecule has 0 spiro atoms. The number of amides is 1. The summed E-state index contributed by atoms with van der Waals surface area (Å²) in [5.41, 5.74) is 1.50. The van der Waals surface area contributed by atoms with Crippen LogP contribution in [0.1, 0.15) is 45.1 Å². The summed E-state index contributed by atoms with van der Waals surface area (Å²) in [6.45, 7) is 0.384. The SMILES string of the molecule is O=C(NCc1ccc(Cl)cc1)c1cc2c(o1)CCCC2=O. The van der Waals surface area contributed by atoms with Gasteiger partial charge in [0.1, 0.15) is 5.76 Å². The molecule has 1 amide bonds. The van der Waals surface area contributed by atoms with Crippen molar-refractivity contribution in [2.24, 2.45) is 0 Å². The van der Waals surface area contributed by atoms with E-state index in [1.54, 1.807) is 18.2 Å². The van der Waals surface area contributed by atoms with Crippen LogP contribution in [0.25, 0.3) is 0 Å². The minimum atomic E-state index is -0.313. The molecule has 1 aliphatic rings. The van der Waals surface area contributed by atoms with Gasteiger partial charge in [0.25, 0.3) is 5.91 Å². The van der Waals surface area contributed by atoms with Crippen molar-refractivity contribution < 1.29 is 14.0 Å². The molecule has 0 bridgehead atoms. The van der Waals surface area contributed by atoms with Crippen LogP contribution in [0.5, 0.6) is 0 Å². The first-order valence-corrected chi connectivity index (χ1v) is 7.20. The molecule has 0 unspecified atom stereocenters. The molecule has 1 aliphatic carbocycles. The summed E-state index contributed by atoms with van der Waals surface area (Å²) in [6.07, 6.45) is 2.02. The molecule has 3 rings (SSSR count). The summed E-state index contributed by atoms with van der Waals surface area (Å²) in [7, 11) is 0. The molecule has 0 aliphatic heterocycles. The van der Waals surface area contributed by atoms with Crippen LogP contribution < -0.4 is 5.32 Å². The Balaban J connectivity index is 1.68. The molecule has 0 saturated carbocycles. The first-order valence-electron chi connectivity index (χ1n) is 6.82. The highest BCUT2D eigenvalue weighted by atomic mass is 35.5. The fourth-order valence-corrected chi connectivity index (χ4v) is 2.50. The lowest BCUT2D eigenvalue weighted by molar-refractivity contribution is 0.0917. The molecular weight excluding hydrogens is 290 g/mol. The summed E-state index contributed by atoms with van der Waals surface area (Å²) in [6, 6.07) is 8.78. The summed E-state index contributed by atoms with van der Waals surface area (Å²) < 4.78 is 5.49. The van der Waals surface area contributed by atoms with Crippen LogP contribution in [0.3, 0.4) is 0 Å². The molecule has 5 heteroatoms. The van der Waals surface area contributed by atoms with Crippen LogP contribution in [0.15, 0.2) is 34.7 Å². The fraction of sp³-hybridized carbons (Fsp3) is 0.250. The first-order chi connectivity index (χ1) is 10.1. The maximum absolute atomic E-state index is 12.1. The third-order valence-corrected chi connectivity index (χ3v) is 3.76. The number of benzene rings is 1. The number of fused-ring (bicyclic) bond motifs is 1. The zero-order chi connectivity index (χ0) is 14.8. The van der Waals surface area contributed by atoms with Crippen molar-refractivity contribution in [3.8, 4) is 0 Å². The number of carbonyl (C=O) groups excluding carboxylic acids is 2. The largest absolute Gasteiger partial charge is 0.455 e. The van der Waals surface area contributed by atoms with Crippen LogP contribution in [0, 0.1) is 0 Å². The standard InChI is InChI=1S/C16H14ClNO3/c17-11-6-4-10(5-7-11)9-18-16(20)15-8-12-13(19)2-1-3-14(12)21-15/h4-8H,1-3,9H2,(H,18,20). The van der Waals surface area contributed by atoms with Crippen molar-refractivity contribution in [1.29, 1.82) is 0 Å². The Hall–Kier alpha value is -2.07. The zero-order valence-electron chi connectivity index (χ0n) is 11.3. The van der Waals surface area contributed by atoms with E-state index in [9.17, 15) is 9.59 Å². The number of rotatable bonds is 3. The van der Waals surface area contributed by atoms with E-state index in [-0.39, 0.29) is 17.5 Å². The smallest absolute Gasteiger partial charge is 0.287 e. The second-order valence-corrected chi connectivity index (χ2v) is 5.47. The zero-order valence-corrected chi connectivity index (χ0v) is 12.1. The van der Waals surface area contributed by atoms with Crippen molar-refractivity contribution >= 4 is 23.3 Å². The molecule has 1 aromatic heterocycles. The number of halogens is 1. The molecule has 0 radical (unpaired) electrons. The highest BCUT2D eigenvalue weighted by molar-refractivity contribution is 6.30. The van der Waals surface area contributed by atoms with Gasteiger partial charge < -0.3 is 9.73 Å². The van der Waals surface area contributed by atoms with Crippen LogP contribution >= 0.6 is 11.6 Å². The van der Waals surface area contributed by atoms with Gasteiger partial charge in [-0.25, -0.2) is 0 Å². The van der Waals surface area contributed by atoms with Crippen molar-refractivity contribution in [3.05, 3.63) is 58.0 Å². The van der Waals surface area contributed by atoms with Gasteiger partial charge in [-0.05, 0) is 24.1 Å². The summed E-state index contributed by atoms with van der Waals surface area (Å²) in [5, 5.41) is 3.43. The predicted molar refractivity (Wildman–Crippen MR) is 78.6 cm³/mol. The molecule has 1 aromatic carbocycles. The van der Waals surface area contributed by atoms with Crippen molar-refractivity contribution in [2.45, 2.75) is 25.8 Å². The number of hydrogen-bond donors (Lipinski definition) is 1. The molecule has 21 heavy (non-hydrogen) atoms. The summed E-state index contributed by atoms with van der Waals surface area (Å²) in [4.78, 5) is 23.8. The molecular formula is C16H14ClNO3. The Labute approximate surface area is 127 Å². The quantitative estimate of drug-likeness (QED) is 0.945. The van der Waals surface area contributed by atoms with E-state index in [0.29, 0.717) is 35.7 Å². The monoisotopic (exact) mass is 303 g/mol. The lowest BCUT2D eigenvalue weighted by atomic mass is 9.97. The summed E-state index contributed by atoms with van der Waals surface area (Å²) in [5.74, 6) is 0.566. The molecule has 1 heterocycles. The van der Waals surface area contributed by atoms with E-state index in [4.69, 9.17) is 16.0 Å². The van der Waals surface area contributed by atoms with E-state index in [1.807, 2.05) is 12.1 Å². The predicted octanol–water partition coefficient (Wildman–Crippen LogP) is 3.38. The average molecular weight is 304 g/mol. The van der Waals surface area contributed by atoms with Gasteiger partial charge in [0, 0.05) is 30.5 Å². The van der Waals surface area contributed by atoms with Gasteiger partial charge in [-0.2, -0.15) is 0 Å². The number of carbonyl (C=O) groups is 2. The van der Waals surface area contributed by atoms with E-state index < -0.39 is 0 Å². The maximum Gasteiger partial charge on any atom is 0.287 e.